The maximum absolute atomic E-state index is 12.5. The summed E-state index contributed by atoms with van der Waals surface area (Å²) >= 11 is 0. The number of aryl methyl sites for hydroxylation is 1. The zero-order valence-corrected chi connectivity index (χ0v) is 17.8. The molecule has 156 valence electrons. The number of sulfonamides is 1. The van der Waals surface area contributed by atoms with Crippen LogP contribution in [0.2, 0.25) is 0 Å². The maximum Gasteiger partial charge on any atom is 0.243 e. The van der Waals surface area contributed by atoms with Crippen molar-refractivity contribution < 1.29 is 18.0 Å². The Morgan fingerprint density at radius 3 is 2.07 bits per heavy atom. The van der Waals surface area contributed by atoms with E-state index in [1.54, 1.807) is 62.4 Å². The lowest BCUT2D eigenvalue weighted by Gasteiger charge is -2.18. The van der Waals surface area contributed by atoms with Crippen molar-refractivity contribution in [3.8, 4) is 0 Å². The van der Waals surface area contributed by atoms with Crippen LogP contribution >= 0.6 is 0 Å². The predicted octanol–water partition coefficient (Wildman–Crippen LogP) is 3.25. The minimum Gasteiger partial charge on any atom is -0.326 e. The van der Waals surface area contributed by atoms with Crippen molar-refractivity contribution in [2.75, 3.05) is 23.7 Å². The molecule has 2 aromatic carbocycles. The number of rotatable bonds is 9. The van der Waals surface area contributed by atoms with Gasteiger partial charge in [-0.1, -0.05) is 32.0 Å². The molecule has 2 aromatic rings. The van der Waals surface area contributed by atoms with Gasteiger partial charge in [-0.15, -0.1) is 0 Å². The first-order chi connectivity index (χ1) is 13.8. The van der Waals surface area contributed by atoms with E-state index >= 15 is 0 Å². The van der Waals surface area contributed by atoms with Crippen LogP contribution in [0.4, 0.5) is 11.4 Å². The van der Waals surface area contributed by atoms with E-state index in [0.717, 1.165) is 5.56 Å². The molecule has 0 aliphatic carbocycles. The van der Waals surface area contributed by atoms with Gasteiger partial charge in [-0.3, -0.25) is 9.59 Å². The van der Waals surface area contributed by atoms with Crippen molar-refractivity contribution in [2.24, 2.45) is 0 Å². The van der Waals surface area contributed by atoms with Gasteiger partial charge in [-0.2, -0.15) is 4.31 Å². The van der Waals surface area contributed by atoms with E-state index in [4.69, 9.17) is 0 Å². The fraction of sp³-hybridized carbons (Fsp3) is 0.333. The first-order valence-corrected chi connectivity index (χ1v) is 11.0. The molecule has 0 fully saturated rings. The molecule has 2 rings (SSSR count). The summed E-state index contributed by atoms with van der Waals surface area (Å²) in [6.07, 6.45) is 0.745. The Kier molecular flexibility index (Phi) is 7.92. The van der Waals surface area contributed by atoms with Crippen LogP contribution in [0.15, 0.2) is 53.4 Å². The summed E-state index contributed by atoms with van der Waals surface area (Å²) in [5.41, 5.74) is 2.09. The normalized spacial score (nSPS) is 11.3. The number of hydrogen-bond acceptors (Lipinski definition) is 4. The molecule has 8 heteroatoms. The van der Waals surface area contributed by atoms with E-state index in [2.05, 4.69) is 10.6 Å². The number of amides is 2. The van der Waals surface area contributed by atoms with Crippen LogP contribution in [-0.2, 0) is 26.0 Å². The van der Waals surface area contributed by atoms with Crippen LogP contribution in [-0.4, -0.2) is 37.6 Å². The van der Waals surface area contributed by atoms with Crippen LogP contribution in [0.1, 0.15) is 32.8 Å². The van der Waals surface area contributed by atoms with Gasteiger partial charge in [-0.05, 0) is 42.3 Å². The third-order valence-electron chi connectivity index (χ3n) is 4.37. The Labute approximate surface area is 172 Å². The highest BCUT2D eigenvalue weighted by Gasteiger charge is 2.21. The molecule has 0 atom stereocenters. The lowest BCUT2D eigenvalue weighted by atomic mass is 10.1. The molecule has 0 saturated carbocycles. The zero-order valence-electron chi connectivity index (χ0n) is 16.9. The van der Waals surface area contributed by atoms with Gasteiger partial charge in [0.1, 0.15) is 0 Å². The fourth-order valence-corrected chi connectivity index (χ4v) is 4.36. The third-order valence-corrected chi connectivity index (χ3v) is 6.44. The number of benzene rings is 2. The SMILES string of the molecule is CCN(CC)S(=O)(=O)c1ccc(CCC(=O)Nc2cccc(NC(C)=O)c2)cc1. The van der Waals surface area contributed by atoms with Gasteiger partial charge in [0, 0.05) is 37.8 Å². The Bertz CT molecular complexity index is 952. The second-order valence-corrected chi connectivity index (χ2v) is 8.48. The number of nitrogens with one attached hydrogen (secondary N) is 2. The van der Waals surface area contributed by atoms with Gasteiger partial charge < -0.3 is 10.6 Å². The number of nitrogens with zero attached hydrogens (tertiary/aromatic N) is 1. The van der Waals surface area contributed by atoms with Crippen LogP contribution in [0.5, 0.6) is 0 Å². The molecule has 0 unspecified atom stereocenters. The Balaban J connectivity index is 1.95. The minimum atomic E-state index is -3.48. The topological polar surface area (TPSA) is 95.6 Å². The van der Waals surface area contributed by atoms with Gasteiger partial charge in [-0.25, -0.2) is 8.42 Å². The first-order valence-electron chi connectivity index (χ1n) is 9.52. The molecule has 0 heterocycles. The molecule has 0 spiro atoms. The van der Waals surface area contributed by atoms with Gasteiger partial charge >= 0.3 is 0 Å². The fourth-order valence-electron chi connectivity index (χ4n) is 2.90. The summed E-state index contributed by atoms with van der Waals surface area (Å²) in [5.74, 6) is -0.343. The van der Waals surface area contributed by atoms with E-state index in [1.165, 1.54) is 11.2 Å². The van der Waals surface area contributed by atoms with Gasteiger partial charge in [0.05, 0.1) is 4.90 Å². The molecule has 29 heavy (non-hydrogen) atoms. The number of hydrogen-bond donors (Lipinski definition) is 2. The highest BCUT2D eigenvalue weighted by molar-refractivity contribution is 7.89. The standard InChI is InChI=1S/C21H27N3O4S/c1-4-24(5-2)29(27,28)20-12-9-17(10-13-20)11-14-21(26)23-19-8-6-7-18(15-19)22-16(3)25/h6-10,12-13,15H,4-5,11,14H2,1-3H3,(H,22,25)(H,23,26). The van der Waals surface area contributed by atoms with Crippen LogP contribution in [0, 0.1) is 0 Å². The minimum absolute atomic E-state index is 0.162. The lowest BCUT2D eigenvalue weighted by molar-refractivity contribution is -0.116. The Morgan fingerprint density at radius 1 is 0.931 bits per heavy atom. The molecule has 0 radical (unpaired) electrons. The van der Waals surface area contributed by atoms with E-state index in [-0.39, 0.29) is 23.1 Å². The number of carbonyl (C=O) groups is 2. The van der Waals surface area contributed by atoms with Crippen molar-refractivity contribution in [3.63, 3.8) is 0 Å². The van der Waals surface area contributed by atoms with E-state index in [0.29, 0.717) is 30.9 Å². The monoisotopic (exact) mass is 417 g/mol. The summed E-state index contributed by atoms with van der Waals surface area (Å²) in [7, 11) is -3.48. The van der Waals surface area contributed by atoms with Crippen molar-refractivity contribution in [3.05, 3.63) is 54.1 Å². The van der Waals surface area contributed by atoms with Crippen LogP contribution in [0.3, 0.4) is 0 Å². The van der Waals surface area contributed by atoms with Crippen LogP contribution in [0.25, 0.3) is 0 Å². The van der Waals surface area contributed by atoms with Gasteiger partial charge in [0.25, 0.3) is 0 Å². The molecular weight excluding hydrogens is 390 g/mol. The van der Waals surface area contributed by atoms with E-state index < -0.39 is 10.0 Å². The quantitative estimate of drug-likeness (QED) is 0.655. The van der Waals surface area contributed by atoms with Crippen LogP contribution < -0.4 is 10.6 Å². The summed E-state index contributed by atoms with van der Waals surface area (Å²) < 4.78 is 26.4. The highest BCUT2D eigenvalue weighted by atomic mass is 32.2. The molecular formula is C21H27N3O4S. The van der Waals surface area contributed by atoms with Crippen molar-refractivity contribution in [2.45, 2.75) is 38.5 Å². The Morgan fingerprint density at radius 2 is 1.52 bits per heavy atom. The Hall–Kier alpha value is -2.71. The largest absolute Gasteiger partial charge is 0.326 e. The summed E-state index contributed by atoms with van der Waals surface area (Å²) in [6, 6.07) is 13.6. The molecule has 2 N–H and O–H groups in total. The zero-order chi connectivity index (χ0) is 21.4. The first kappa shape index (κ1) is 22.6. The van der Waals surface area contributed by atoms with Crippen molar-refractivity contribution in [1.82, 2.24) is 4.31 Å². The molecule has 0 aliphatic rings. The predicted molar refractivity (Wildman–Crippen MR) is 114 cm³/mol. The van der Waals surface area contributed by atoms with E-state index in [9.17, 15) is 18.0 Å². The number of anilines is 2. The maximum atomic E-state index is 12.5. The lowest BCUT2D eigenvalue weighted by Crippen LogP contribution is -2.30. The second kappa shape index (κ2) is 10.2. The second-order valence-electron chi connectivity index (χ2n) is 6.54. The smallest absolute Gasteiger partial charge is 0.243 e. The molecule has 0 saturated heterocycles. The van der Waals surface area contributed by atoms with E-state index in [1.807, 2.05) is 0 Å². The molecule has 0 aromatic heterocycles. The average Bonchev–Trinajstić information content (AvgIpc) is 2.67. The van der Waals surface area contributed by atoms with Gasteiger partial charge in [0.2, 0.25) is 21.8 Å². The summed E-state index contributed by atoms with van der Waals surface area (Å²) in [4.78, 5) is 23.6. The van der Waals surface area contributed by atoms with Crippen molar-refractivity contribution >= 4 is 33.2 Å². The average molecular weight is 418 g/mol. The molecule has 0 aliphatic heterocycles. The molecule has 7 nitrogen and oxygen atoms in total. The van der Waals surface area contributed by atoms with Gasteiger partial charge in [0.15, 0.2) is 0 Å². The number of carbonyl (C=O) groups excluding carboxylic acids is 2. The third kappa shape index (κ3) is 6.40. The highest BCUT2D eigenvalue weighted by Crippen LogP contribution is 2.18. The summed E-state index contributed by atoms with van der Waals surface area (Å²) in [5, 5.41) is 5.47. The summed E-state index contributed by atoms with van der Waals surface area (Å²) in [6.45, 7) is 5.87. The molecule has 0 bridgehead atoms. The van der Waals surface area contributed by atoms with Crippen molar-refractivity contribution in [1.29, 1.82) is 0 Å². The molecule has 2 amide bonds.